The number of fused-ring (bicyclic) bond motifs is 3. The van der Waals surface area contributed by atoms with Crippen LogP contribution in [0.3, 0.4) is 0 Å². The molecule has 1 heteroatoms. The molecule has 0 fully saturated rings. The van der Waals surface area contributed by atoms with Gasteiger partial charge in [0.15, 0.2) is 6.20 Å². The topological polar surface area (TPSA) is 14.1 Å². The minimum atomic E-state index is 1.24. The third kappa shape index (κ3) is 1.15. The van der Waals surface area contributed by atoms with Crippen LogP contribution in [0.4, 0.5) is 0 Å². The highest BCUT2D eigenvalue weighted by Gasteiger charge is 2.11. The number of aryl methyl sites for hydroxylation is 2. The molecule has 0 aliphatic heterocycles. The first-order chi connectivity index (χ1) is 7.79. The summed E-state index contributed by atoms with van der Waals surface area (Å²) in [6.45, 7) is 4.39. The summed E-state index contributed by atoms with van der Waals surface area (Å²) in [4.78, 5) is 3.36. The second-order valence-electron chi connectivity index (χ2n) is 4.25. The van der Waals surface area contributed by atoms with Crippen molar-refractivity contribution >= 4 is 21.7 Å². The van der Waals surface area contributed by atoms with Gasteiger partial charge < -0.3 is 0 Å². The van der Waals surface area contributed by atoms with E-state index >= 15 is 0 Å². The van der Waals surface area contributed by atoms with Gasteiger partial charge in [0.2, 0.25) is 5.52 Å². The molecule has 1 N–H and O–H groups in total. The molecule has 0 radical (unpaired) electrons. The van der Waals surface area contributed by atoms with Crippen molar-refractivity contribution in [2.75, 3.05) is 0 Å². The first-order valence-electron chi connectivity index (χ1n) is 5.57. The molecule has 0 saturated heterocycles. The number of rotatable bonds is 0. The molecular weight excluding hydrogens is 194 g/mol. The molecule has 0 unspecified atom stereocenters. The van der Waals surface area contributed by atoms with Crippen LogP contribution >= 0.6 is 0 Å². The molecule has 0 atom stereocenters. The molecule has 1 heterocycles. The molecule has 3 rings (SSSR count). The van der Waals surface area contributed by atoms with Gasteiger partial charge in [0.1, 0.15) is 0 Å². The van der Waals surface area contributed by atoms with E-state index in [2.05, 4.69) is 55.2 Å². The number of hydrogen-bond acceptors (Lipinski definition) is 0. The predicted octanol–water partition coefficient (Wildman–Crippen LogP) is 3.42. The summed E-state index contributed by atoms with van der Waals surface area (Å²) in [5, 5.41) is 3.97. The summed E-state index contributed by atoms with van der Waals surface area (Å²) in [5.41, 5.74) is 3.98. The van der Waals surface area contributed by atoms with Gasteiger partial charge in [-0.1, -0.05) is 18.2 Å². The lowest BCUT2D eigenvalue weighted by molar-refractivity contribution is -0.343. The maximum Gasteiger partial charge on any atom is 0.218 e. The second kappa shape index (κ2) is 3.31. The predicted molar refractivity (Wildman–Crippen MR) is 67.5 cm³/mol. The number of aromatic amines is 1. The summed E-state index contributed by atoms with van der Waals surface area (Å²) in [5.74, 6) is 0. The van der Waals surface area contributed by atoms with Gasteiger partial charge in [-0.05, 0) is 42.5 Å². The van der Waals surface area contributed by atoms with Crippen LogP contribution in [0, 0.1) is 13.8 Å². The van der Waals surface area contributed by atoms with Crippen molar-refractivity contribution < 1.29 is 4.98 Å². The van der Waals surface area contributed by atoms with E-state index in [1.165, 1.54) is 32.8 Å². The van der Waals surface area contributed by atoms with E-state index in [9.17, 15) is 0 Å². The van der Waals surface area contributed by atoms with Gasteiger partial charge in [-0.15, -0.1) is 0 Å². The minimum Gasteiger partial charge on any atom is -0.211 e. The molecular formula is C15H14N+. The normalized spacial score (nSPS) is 11.1. The van der Waals surface area contributed by atoms with Crippen LogP contribution in [0.1, 0.15) is 11.1 Å². The Morgan fingerprint density at radius 2 is 1.38 bits per heavy atom. The fourth-order valence-corrected chi connectivity index (χ4v) is 2.40. The van der Waals surface area contributed by atoms with Gasteiger partial charge in [0, 0.05) is 6.07 Å². The molecule has 16 heavy (non-hydrogen) atoms. The van der Waals surface area contributed by atoms with E-state index < -0.39 is 0 Å². The Morgan fingerprint density at radius 1 is 0.750 bits per heavy atom. The van der Waals surface area contributed by atoms with Crippen molar-refractivity contribution in [3.8, 4) is 0 Å². The number of nitrogens with one attached hydrogen (secondary N) is 1. The standard InChI is InChI=1S/C15H13N/c1-10-11(2)13-8-5-9-16-15(13)14-7-4-3-6-12(10)14/h3-9H,1-2H3/p+1. The monoisotopic (exact) mass is 208 g/mol. The maximum absolute atomic E-state index is 3.36. The molecule has 0 aliphatic rings. The van der Waals surface area contributed by atoms with Crippen LogP contribution in [-0.2, 0) is 0 Å². The van der Waals surface area contributed by atoms with Gasteiger partial charge in [-0.2, -0.15) is 0 Å². The fraction of sp³-hybridized carbons (Fsp3) is 0.133. The molecule has 2 aromatic carbocycles. The van der Waals surface area contributed by atoms with Crippen LogP contribution in [0.5, 0.6) is 0 Å². The highest BCUT2D eigenvalue weighted by atomic mass is 14.6. The Bertz CT molecular complexity index is 623. The highest BCUT2D eigenvalue weighted by Crippen LogP contribution is 2.28. The number of hydrogen-bond donors (Lipinski definition) is 0. The van der Waals surface area contributed by atoms with E-state index in [-0.39, 0.29) is 0 Å². The summed E-state index contributed by atoms with van der Waals surface area (Å²) < 4.78 is 0. The molecule has 0 spiro atoms. The number of H-pyrrole nitrogens is 1. The lowest BCUT2D eigenvalue weighted by Crippen LogP contribution is -2.04. The van der Waals surface area contributed by atoms with Crippen molar-refractivity contribution in [3.05, 3.63) is 53.7 Å². The van der Waals surface area contributed by atoms with Gasteiger partial charge in [0.25, 0.3) is 0 Å². The maximum atomic E-state index is 3.36. The van der Waals surface area contributed by atoms with E-state index in [1.807, 2.05) is 6.20 Å². The van der Waals surface area contributed by atoms with E-state index in [0.29, 0.717) is 0 Å². The van der Waals surface area contributed by atoms with Gasteiger partial charge in [-0.25, -0.2) is 4.98 Å². The number of aromatic nitrogens is 1. The van der Waals surface area contributed by atoms with Crippen molar-refractivity contribution in [1.29, 1.82) is 0 Å². The number of benzene rings is 2. The number of pyridine rings is 1. The molecule has 0 amide bonds. The Hall–Kier alpha value is -1.89. The van der Waals surface area contributed by atoms with E-state index in [4.69, 9.17) is 0 Å². The van der Waals surface area contributed by atoms with E-state index in [1.54, 1.807) is 0 Å². The zero-order valence-corrected chi connectivity index (χ0v) is 9.54. The van der Waals surface area contributed by atoms with Crippen molar-refractivity contribution in [1.82, 2.24) is 0 Å². The van der Waals surface area contributed by atoms with Crippen molar-refractivity contribution in [2.24, 2.45) is 0 Å². The van der Waals surface area contributed by atoms with Gasteiger partial charge in [0.05, 0.1) is 10.8 Å². The Balaban J connectivity index is 2.69. The smallest absolute Gasteiger partial charge is 0.211 e. The fourth-order valence-electron chi connectivity index (χ4n) is 2.40. The van der Waals surface area contributed by atoms with Gasteiger partial charge in [-0.3, -0.25) is 0 Å². The Morgan fingerprint density at radius 3 is 2.19 bits per heavy atom. The van der Waals surface area contributed by atoms with Crippen LogP contribution in [-0.4, -0.2) is 0 Å². The second-order valence-corrected chi connectivity index (χ2v) is 4.25. The molecule has 3 aromatic rings. The summed E-state index contributed by atoms with van der Waals surface area (Å²) in [6.07, 6.45) is 1.99. The van der Waals surface area contributed by atoms with Gasteiger partial charge >= 0.3 is 0 Å². The molecule has 1 aromatic heterocycles. The van der Waals surface area contributed by atoms with Crippen LogP contribution in [0.15, 0.2) is 42.6 Å². The van der Waals surface area contributed by atoms with E-state index in [0.717, 1.165) is 0 Å². The first kappa shape index (κ1) is 9.34. The SMILES string of the molecule is Cc1c(C)c2ccc[nH+]c2c2ccccc12. The molecule has 78 valence electrons. The Kier molecular flexibility index (Phi) is 1.93. The first-order valence-corrected chi connectivity index (χ1v) is 5.57. The minimum absolute atomic E-state index is 1.24. The van der Waals surface area contributed by atoms with Crippen molar-refractivity contribution in [3.63, 3.8) is 0 Å². The molecule has 0 bridgehead atoms. The average molecular weight is 208 g/mol. The Labute approximate surface area is 94.7 Å². The average Bonchev–Trinajstić information content (AvgIpc) is 2.36. The summed E-state index contributed by atoms with van der Waals surface area (Å²) in [7, 11) is 0. The molecule has 0 saturated carbocycles. The quantitative estimate of drug-likeness (QED) is 0.503. The zero-order chi connectivity index (χ0) is 11.1. The summed E-state index contributed by atoms with van der Waals surface area (Å²) in [6, 6.07) is 12.8. The van der Waals surface area contributed by atoms with Crippen molar-refractivity contribution in [2.45, 2.75) is 13.8 Å². The third-order valence-electron chi connectivity index (χ3n) is 3.42. The van der Waals surface area contributed by atoms with Crippen LogP contribution < -0.4 is 4.98 Å². The molecule has 0 aliphatic carbocycles. The zero-order valence-electron chi connectivity index (χ0n) is 9.54. The largest absolute Gasteiger partial charge is 0.218 e. The van der Waals surface area contributed by atoms with Crippen LogP contribution in [0.2, 0.25) is 0 Å². The molecule has 1 nitrogen and oxygen atoms in total. The third-order valence-corrected chi connectivity index (χ3v) is 3.42. The van der Waals surface area contributed by atoms with Crippen LogP contribution in [0.25, 0.3) is 21.7 Å². The highest BCUT2D eigenvalue weighted by molar-refractivity contribution is 6.06. The lowest BCUT2D eigenvalue weighted by atomic mass is 9.96. The lowest BCUT2D eigenvalue weighted by Gasteiger charge is -2.07. The summed E-state index contributed by atoms with van der Waals surface area (Å²) >= 11 is 0.